The predicted molar refractivity (Wildman–Crippen MR) is 64.7 cm³/mol. The Hall–Kier alpha value is -0.800. The van der Waals surface area contributed by atoms with E-state index < -0.39 is 0 Å². The molecule has 16 heavy (non-hydrogen) atoms. The van der Waals surface area contributed by atoms with Crippen LogP contribution in [0.25, 0.3) is 0 Å². The summed E-state index contributed by atoms with van der Waals surface area (Å²) in [6.07, 6.45) is 0. The van der Waals surface area contributed by atoms with Gasteiger partial charge >= 0.3 is 0 Å². The van der Waals surface area contributed by atoms with E-state index in [2.05, 4.69) is 31.7 Å². The second-order valence-electron chi connectivity index (χ2n) is 3.18. The van der Waals surface area contributed by atoms with Gasteiger partial charge in [-0.2, -0.15) is 5.11 Å². The summed E-state index contributed by atoms with van der Waals surface area (Å²) in [6, 6.07) is 0. The summed E-state index contributed by atoms with van der Waals surface area (Å²) in [7, 11) is 0. The van der Waals surface area contributed by atoms with Crippen LogP contribution in [0.5, 0.6) is 0 Å². The van der Waals surface area contributed by atoms with Crippen LogP contribution in [0.15, 0.2) is 10.3 Å². The largest absolute Gasteiger partial charge is 0.314 e. The quantitative estimate of drug-likeness (QED) is 0.0960. The fourth-order valence-electron chi connectivity index (χ4n) is 1.08. The Bertz CT molecular complexity index is 151. The van der Waals surface area contributed by atoms with Gasteiger partial charge in [0.05, 0.1) is 6.54 Å². The van der Waals surface area contributed by atoms with Gasteiger partial charge in [0.25, 0.3) is 0 Å². The van der Waals surface area contributed by atoms with Crippen molar-refractivity contribution in [2.75, 3.05) is 52.4 Å². The molecule has 8 N–H and O–H groups in total. The fourth-order valence-corrected chi connectivity index (χ4v) is 1.08. The molecule has 0 spiro atoms. The molecule has 0 rings (SSSR count). The lowest BCUT2D eigenvalue weighted by molar-refractivity contribution is 0.571. The molecule has 96 valence electrons. The highest BCUT2D eigenvalue weighted by atomic mass is 15.3. The number of rotatable bonds is 12. The van der Waals surface area contributed by atoms with E-state index in [0.29, 0.717) is 6.54 Å². The molecule has 0 aliphatic heterocycles. The average molecular weight is 232 g/mol. The van der Waals surface area contributed by atoms with Crippen LogP contribution in [0.4, 0.5) is 0 Å². The third-order valence-electron chi connectivity index (χ3n) is 1.87. The summed E-state index contributed by atoms with van der Waals surface area (Å²) < 4.78 is 0. The molecule has 8 nitrogen and oxygen atoms in total. The smallest absolute Gasteiger partial charge is 0.0744 e. The van der Waals surface area contributed by atoms with E-state index in [1.165, 1.54) is 0 Å². The first kappa shape index (κ1) is 15.2. The molecule has 0 atom stereocenters. The Morgan fingerprint density at radius 1 is 0.750 bits per heavy atom. The lowest BCUT2D eigenvalue weighted by Crippen LogP contribution is -2.36. The van der Waals surface area contributed by atoms with Crippen molar-refractivity contribution in [1.82, 2.24) is 21.4 Å². The van der Waals surface area contributed by atoms with Crippen LogP contribution in [-0.4, -0.2) is 52.4 Å². The van der Waals surface area contributed by atoms with Crippen molar-refractivity contribution in [3.8, 4) is 0 Å². The first-order valence-electron chi connectivity index (χ1n) is 5.54. The van der Waals surface area contributed by atoms with Gasteiger partial charge in [-0.1, -0.05) is 5.22 Å². The molecule has 0 saturated heterocycles. The summed E-state index contributed by atoms with van der Waals surface area (Å²) in [4.78, 5) is 0. The van der Waals surface area contributed by atoms with Crippen molar-refractivity contribution in [2.24, 2.45) is 22.0 Å². The monoisotopic (exact) mass is 232 g/mol. The lowest BCUT2D eigenvalue weighted by atomic mass is 10.5. The zero-order valence-electron chi connectivity index (χ0n) is 9.71. The van der Waals surface area contributed by atoms with Crippen LogP contribution in [0.3, 0.4) is 0 Å². The highest BCUT2D eigenvalue weighted by Gasteiger charge is 1.88. The molecule has 0 heterocycles. The minimum Gasteiger partial charge on any atom is -0.314 e. The number of hydrogen-bond acceptors (Lipinski definition) is 7. The van der Waals surface area contributed by atoms with Gasteiger partial charge in [0.1, 0.15) is 0 Å². The van der Waals surface area contributed by atoms with Crippen molar-refractivity contribution in [3.05, 3.63) is 0 Å². The third-order valence-corrected chi connectivity index (χ3v) is 1.87. The highest BCUT2D eigenvalue weighted by molar-refractivity contribution is 4.55. The number of nitrogens with zero attached hydrogens (tertiary/aromatic N) is 2. The van der Waals surface area contributed by atoms with Gasteiger partial charge in [-0.3, -0.25) is 11.3 Å². The summed E-state index contributed by atoms with van der Waals surface area (Å²) >= 11 is 0. The zero-order chi connectivity index (χ0) is 11.9. The van der Waals surface area contributed by atoms with Gasteiger partial charge in [0.15, 0.2) is 0 Å². The molecule has 0 unspecified atom stereocenters. The number of hydrazine groups is 1. The molecule has 0 fully saturated rings. The van der Waals surface area contributed by atoms with Crippen LogP contribution >= 0.6 is 0 Å². The molecule has 0 saturated carbocycles. The van der Waals surface area contributed by atoms with Crippen molar-refractivity contribution >= 4 is 0 Å². The van der Waals surface area contributed by atoms with Crippen molar-refractivity contribution in [1.29, 1.82) is 0 Å². The summed E-state index contributed by atoms with van der Waals surface area (Å²) in [5, 5.41) is 16.6. The Morgan fingerprint density at radius 2 is 1.25 bits per heavy atom. The van der Waals surface area contributed by atoms with E-state index in [9.17, 15) is 0 Å². The van der Waals surface area contributed by atoms with Crippen molar-refractivity contribution in [3.63, 3.8) is 0 Å². The minimum absolute atomic E-state index is 0.629. The van der Waals surface area contributed by atoms with Crippen molar-refractivity contribution in [2.45, 2.75) is 0 Å². The average Bonchev–Trinajstić information content (AvgIpc) is 2.31. The molecular weight excluding hydrogens is 208 g/mol. The lowest BCUT2D eigenvalue weighted by Gasteiger charge is -2.06. The Kier molecular flexibility index (Phi) is 13.5. The highest BCUT2D eigenvalue weighted by Crippen LogP contribution is 1.67. The van der Waals surface area contributed by atoms with Crippen LogP contribution < -0.4 is 33.1 Å². The number of hydrogen-bond donors (Lipinski definition) is 6. The Labute approximate surface area is 96.6 Å². The summed E-state index contributed by atoms with van der Waals surface area (Å²) in [5.74, 6) is 9.98. The topological polar surface area (TPSA) is 125 Å². The molecule has 0 amide bonds. The molecule has 0 aliphatic rings. The third kappa shape index (κ3) is 13.2. The van der Waals surface area contributed by atoms with E-state index >= 15 is 0 Å². The molecule has 0 aromatic rings. The Balaban J connectivity index is 2.88. The SMILES string of the molecule is NN=NCCNCCNCCNCCNN. The Morgan fingerprint density at radius 3 is 1.75 bits per heavy atom. The van der Waals surface area contributed by atoms with Gasteiger partial charge in [0.2, 0.25) is 0 Å². The maximum absolute atomic E-state index is 5.12. The van der Waals surface area contributed by atoms with E-state index in [1.54, 1.807) is 0 Å². The van der Waals surface area contributed by atoms with E-state index in [0.717, 1.165) is 45.8 Å². The van der Waals surface area contributed by atoms with E-state index in [-0.39, 0.29) is 0 Å². The predicted octanol–water partition coefficient (Wildman–Crippen LogP) is -2.46. The van der Waals surface area contributed by atoms with E-state index in [4.69, 9.17) is 11.7 Å². The maximum Gasteiger partial charge on any atom is 0.0744 e. The molecular formula is C8H24N8. The number of nitrogens with two attached hydrogens (primary N) is 2. The summed E-state index contributed by atoms with van der Waals surface area (Å²) in [6.45, 7) is 6.88. The maximum atomic E-state index is 5.12. The zero-order valence-corrected chi connectivity index (χ0v) is 9.71. The first-order valence-corrected chi connectivity index (χ1v) is 5.54. The minimum atomic E-state index is 0.629. The summed E-state index contributed by atoms with van der Waals surface area (Å²) in [5.41, 5.74) is 2.58. The first-order chi connectivity index (χ1) is 7.91. The van der Waals surface area contributed by atoms with Crippen LogP contribution in [0.2, 0.25) is 0 Å². The molecule has 0 radical (unpaired) electrons. The van der Waals surface area contributed by atoms with Crippen molar-refractivity contribution < 1.29 is 0 Å². The van der Waals surface area contributed by atoms with Crippen LogP contribution in [-0.2, 0) is 0 Å². The molecule has 0 aromatic carbocycles. The molecule has 0 bridgehead atoms. The van der Waals surface area contributed by atoms with Gasteiger partial charge in [-0.25, -0.2) is 0 Å². The fraction of sp³-hybridized carbons (Fsp3) is 1.00. The molecule has 0 aromatic heterocycles. The van der Waals surface area contributed by atoms with Crippen LogP contribution in [0.1, 0.15) is 0 Å². The van der Waals surface area contributed by atoms with Gasteiger partial charge in [-0.05, 0) is 0 Å². The number of nitrogens with one attached hydrogen (secondary N) is 4. The second kappa shape index (κ2) is 14.2. The van der Waals surface area contributed by atoms with Gasteiger partial charge in [-0.15, -0.1) is 0 Å². The normalized spacial score (nSPS) is 11.3. The van der Waals surface area contributed by atoms with Gasteiger partial charge < -0.3 is 21.8 Å². The van der Waals surface area contributed by atoms with E-state index in [1.807, 2.05) is 0 Å². The standard InChI is InChI=1S/C8H24N8/c9-14-7-5-12-3-1-11-2-4-13-6-8-15-16-10/h11-14H,1-9H2,(H2,10,15). The van der Waals surface area contributed by atoms with Crippen LogP contribution in [0, 0.1) is 0 Å². The molecule has 8 heteroatoms. The second-order valence-corrected chi connectivity index (χ2v) is 3.18. The molecule has 0 aliphatic carbocycles. The van der Waals surface area contributed by atoms with Gasteiger partial charge in [0, 0.05) is 45.8 Å².